The minimum Gasteiger partial charge on any atom is -0.508 e. The first-order chi connectivity index (χ1) is 19.9. The minimum atomic E-state index is -0.0136. The number of carbonyl (C=O) groups is 1. The summed E-state index contributed by atoms with van der Waals surface area (Å²) in [5.74, 6) is 1.28. The van der Waals surface area contributed by atoms with Crippen LogP contribution in [0.2, 0.25) is 0 Å². The van der Waals surface area contributed by atoms with Gasteiger partial charge >= 0.3 is 6.01 Å². The topological polar surface area (TPSA) is 85.3 Å². The highest BCUT2D eigenvalue weighted by atomic mass is 16.5. The smallest absolute Gasteiger partial charge is 0.318 e. The third-order valence-corrected chi connectivity index (χ3v) is 9.43. The van der Waals surface area contributed by atoms with Crippen LogP contribution in [0.5, 0.6) is 11.8 Å². The summed E-state index contributed by atoms with van der Waals surface area (Å²) < 4.78 is 6.38. The van der Waals surface area contributed by atoms with Crippen LogP contribution in [0.15, 0.2) is 30.9 Å². The molecule has 2 fully saturated rings. The van der Waals surface area contributed by atoms with Crippen LogP contribution in [0, 0.1) is 0 Å². The molecule has 41 heavy (non-hydrogen) atoms. The van der Waals surface area contributed by atoms with Crippen molar-refractivity contribution in [2.75, 3.05) is 55.7 Å². The normalized spacial score (nSPS) is 23.0. The Kier molecular flexibility index (Phi) is 8.06. The first-order valence-corrected chi connectivity index (χ1v) is 15.4. The lowest BCUT2D eigenvalue weighted by atomic mass is 9.88. The van der Waals surface area contributed by atoms with Gasteiger partial charge in [-0.15, -0.1) is 0 Å². The number of nitrogens with zero attached hydrogens (tertiary/aromatic N) is 6. The van der Waals surface area contributed by atoms with E-state index in [1.807, 2.05) is 11.0 Å². The van der Waals surface area contributed by atoms with E-state index in [4.69, 9.17) is 14.7 Å². The lowest BCUT2D eigenvalue weighted by molar-refractivity contribution is -0.126. The number of fused-ring (bicyclic) bond motifs is 2. The van der Waals surface area contributed by atoms with Crippen LogP contribution >= 0.6 is 0 Å². The predicted octanol–water partition coefficient (Wildman–Crippen LogP) is 3.58. The summed E-state index contributed by atoms with van der Waals surface area (Å²) in [6.45, 7) is 13.6. The molecule has 1 aromatic heterocycles. The maximum atomic E-state index is 12.2. The highest BCUT2D eigenvalue weighted by molar-refractivity contribution is 5.87. The summed E-state index contributed by atoms with van der Waals surface area (Å²) in [5.41, 5.74) is 4.76. The molecule has 220 valence electrons. The van der Waals surface area contributed by atoms with E-state index in [1.54, 1.807) is 6.07 Å². The maximum Gasteiger partial charge on any atom is 0.318 e. The Morgan fingerprint density at radius 3 is 2.71 bits per heavy atom. The van der Waals surface area contributed by atoms with E-state index < -0.39 is 0 Å². The summed E-state index contributed by atoms with van der Waals surface area (Å²) in [6.07, 6.45) is 8.64. The summed E-state index contributed by atoms with van der Waals surface area (Å²) in [7, 11) is 0. The van der Waals surface area contributed by atoms with Crippen molar-refractivity contribution < 1.29 is 14.6 Å². The number of amides is 1. The largest absolute Gasteiger partial charge is 0.508 e. The molecular formula is C32H44N6O3. The van der Waals surface area contributed by atoms with Crippen LogP contribution in [0.3, 0.4) is 0 Å². The van der Waals surface area contributed by atoms with Crippen molar-refractivity contribution in [3.63, 3.8) is 0 Å². The second kappa shape index (κ2) is 11.9. The summed E-state index contributed by atoms with van der Waals surface area (Å²) in [6, 6.07) is 7.46. The number of ether oxygens (including phenoxy) is 1. The van der Waals surface area contributed by atoms with Crippen molar-refractivity contribution >= 4 is 17.4 Å². The molecule has 1 unspecified atom stereocenters. The van der Waals surface area contributed by atoms with Gasteiger partial charge in [-0.1, -0.05) is 12.6 Å². The SMILES string of the molecule is C=CC(=O)N1CCN(c2nc(OC[C@@H]3CCCN3C(C)C)nc3c2CCC(N2CCCc4ccc(O)cc42)C3)CC1. The van der Waals surface area contributed by atoms with Gasteiger partial charge in [0.05, 0.1) is 5.69 Å². The number of hydrogen-bond donors (Lipinski definition) is 1. The highest BCUT2D eigenvalue weighted by Crippen LogP contribution is 2.37. The molecule has 9 nitrogen and oxygen atoms in total. The number of phenolic OH excluding ortho intramolecular Hbond substituents is 1. The third kappa shape index (κ3) is 5.73. The zero-order chi connectivity index (χ0) is 28.5. The number of anilines is 2. The fourth-order valence-electron chi connectivity index (χ4n) is 7.27. The second-order valence-corrected chi connectivity index (χ2v) is 12.2. The fourth-order valence-corrected chi connectivity index (χ4v) is 7.27. The molecule has 2 saturated heterocycles. The Bertz CT molecular complexity index is 1270. The molecule has 0 bridgehead atoms. The fraction of sp³-hybridized carbons (Fsp3) is 0.594. The van der Waals surface area contributed by atoms with E-state index >= 15 is 0 Å². The average Bonchev–Trinajstić information content (AvgIpc) is 3.48. The second-order valence-electron chi connectivity index (χ2n) is 12.2. The van der Waals surface area contributed by atoms with E-state index in [2.05, 4.69) is 41.2 Å². The van der Waals surface area contributed by atoms with Crippen molar-refractivity contribution in [1.82, 2.24) is 19.8 Å². The molecule has 0 radical (unpaired) electrons. The quantitative estimate of drug-likeness (QED) is 0.515. The Labute approximate surface area is 243 Å². The Balaban J connectivity index is 1.27. The van der Waals surface area contributed by atoms with Gasteiger partial charge in [-0.25, -0.2) is 0 Å². The van der Waals surface area contributed by atoms with Crippen LogP contribution < -0.4 is 14.5 Å². The number of phenols is 1. The molecule has 1 aromatic carbocycles. The number of piperazine rings is 1. The van der Waals surface area contributed by atoms with Gasteiger partial charge in [-0.2, -0.15) is 9.97 Å². The van der Waals surface area contributed by atoms with Gasteiger partial charge in [0.1, 0.15) is 18.2 Å². The van der Waals surface area contributed by atoms with Gasteiger partial charge in [0.25, 0.3) is 0 Å². The molecule has 3 aliphatic heterocycles. The first kappa shape index (κ1) is 27.8. The molecule has 1 N–H and O–H groups in total. The van der Waals surface area contributed by atoms with Crippen molar-refractivity contribution in [2.24, 2.45) is 0 Å². The molecule has 2 aromatic rings. The lowest BCUT2D eigenvalue weighted by Crippen LogP contribution is -2.49. The standard InChI is InChI=1S/C32H44N6O3/c1-4-30(40)35-15-17-36(18-16-35)31-27-12-10-24(38-14-5-7-23-9-11-26(39)20-29(23)38)19-28(27)33-32(34-31)41-21-25-8-6-13-37(25)22(2)3/h4,9,11,20,22,24-25,39H,1,5-8,10,12-19,21H2,2-3H3/t24?,25-/m0/s1. The van der Waals surface area contributed by atoms with E-state index in [0.717, 1.165) is 81.9 Å². The molecule has 1 amide bonds. The lowest BCUT2D eigenvalue weighted by Gasteiger charge is -2.41. The van der Waals surface area contributed by atoms with Crippen LogP contribution in [-0.2, 0) is 24.1 Å². The van der Waals surface area contributed by atoms with Crippen LogP contribution in [-0.4, -0.2) is 94.8 Å². The highest BCUT2D eigenvalue weighted by Gasteiger charge is 2.33. The molecule has 0 spiro atoms. The molecule has 2 atom stereocenters. The first-order valence-electron chi connectivity index (χ1n) is 15.4. The molecule has 1 aliphatic carbocycles. The molecule has 6 rings (SSSR count). The Hall–Kier alpha value is -3.33. The molecule has 4 aliphatic rings. The number of benzene rings is 1. The van der Waals surface area contributed by atoms with E-state index in [9.17, 15) is 9.90 Å². The molecule has 4 heterocycles. The number of hydrogen-bond acceptors (Lipinski definition) is 8. The van der Waals surface area contributed by atoms with E-state index in [1.165, 1.54) is 23.6 Å². The average molecular weight is 561 g/mol. The van der Waals surface area contributed by atoms with E-state index in [-0.39, 0.29) is 5.91 Å². The zero-order valence-electron chi connectivity index (χ0n) is 24.6. The number of aromatic hydroxyl groups is 1. The van der Waals surface area contributed by atoms with Gasteiger partial charge in [-0.3, -0.25) is 9.69 Å². The van der Waals surface area contributed by atoms with Crippen molar-refractivity contribution in [2.45, 2.75) is 76.9 Å². The van der Waals surface area contributed by atoms with Gasteiger partial charge in [0.15, 0.2) is 0 Å². The van der Waals surface area contributed by atoms with Crippen molar-refractivity contribution in [3.8, 4) is 11.8 Å². The van der Waals surface area contributed by atoms with Gasteiger partial charge in [-0.05, 0) is 76.6 Å². The van der Waals surface area contributed by atoms with Crippen molar-refractivity contribution in [1.29, 1.82) is 0 Å². The predicted molar refractivity (Wildman–Crippen MR) is 161 cm³/mol. The zero-order valence-corrected chi connectivity index (χ0v) is 24.6. The number of carbonyl (C=O) groups excluding carboxylic acids is 1. The Morgan fingerprint density at radius 1 is 1.10 bits per heavy atom. The molecule has 0 saturated carbocycles. The summed E-state index contributed by atoms with van der Waals surface area (Å²) >= 11 is 0. The van der Waals surface area contributed by atoms with Gasteiger partial charge < -0.3 is 24.5 Å². The monoisotopic (exact) mass is 560 g/mol. The molecule has 9 heteroatoms. The van der Waals surface area contributed by atoms with Gasteiger partial charge in [0.2, 0.25) is 5.91 Å². The van der Waals surface area contributed by atoms with Gasteiger partial charge in [0, 0.05) is 74.6 Å². The van der Waals surface area contributed by atoms with Crippen molar-refractivity contribution in [3.05, 3.63) is 47.7 Å². The maximum absolute atomic E-state index is 12.2. The number of rotatable bonds is 7. The van der Waals surface area contributed by atoms with Crippen LogP contribution in [0.4, 0.5) is 11.5 Å². The number of aryl methyl sites for hydroxylation is 1. The summed E-state index contributed by atoms with van der Waals surface area (Å²) in [4.78, 5) is 31.4. The van der Waals surface area contributed by atoms with E-state index in [0.29, 0.717) is 49.6 Å². The van der Waals surface area contributed by atoms with Crippen LogP contribution in [0.25, 0.3) is 0 Å². The third-order valence-electron chi connectivity index (χ3n) is 9.43. The minimum absolute atomic E-state index is 0.0136. The van der Waals surface area contributed by atoms with Crippen LogP contribution in [0.1, 0.15) is 56.4 Å². The number of likely N-dealkylation sites (tertiary alicyclic amines) is 1. The molecular weight excluding hydrogens is 516 g/mol. The Morgan fingerprint density at radius 2 is 1.93 bits per heavy atom. The summed E-state index contributed by atoms with van der Waals surface area (Å²) in [5, 5.41) is 10.2. The number of aromatic nitrogens is 2.